The Balaban J connectivity index is 1.87. The SMILES string of the molecule is CC(=O)N[C@]1(c2c(C3CCC3)c(Cc3ccccc3)nn2C)CC(F)(F)C1(F)F. The Morgan fingerprint density at radius 2 is 1.86 bits per heavy atom. The van der Waals surface area contributed by atoms with Crippen molar-refractivity contribution >= 4 is 5.91 Å². The maximum absolute atomic E-state index is 14.9. The molecule has 0 unspecified atom stereocenters. The first-order valence-corrected chi connectivity index (χ1v) is 9.73. The van der Waals surface area contributed by atoms with E-state index in [-0.39, 0.29) is 11.6 Å². The largest absolute Gasteiger partial charge is 0.339 e. The summed E-state index contributed by atoms with van der Waals surface area (Å²) in [6, 6.07) is 9.45. The zero-order valence-electron chi connectivity index (χ0n) is 16.3. The summed E-state index contributed by atoms with van der Waals surface area (Å²) in [4.78, 5) is 11.8. The summed E-state index contributed by atoms with van der Waals surface area (Å²) >= 11 is 0. The molecule has 8 heteroatoms. The molecule has 2 fully saturated rings. The third kappa shape index (κ3) is 2.87. The summed E-state index contributed by atoms with van der Waals surface area (Å²) in [6.45, 7) is 1.07. The number of hydrogen-bond acceptors (Lipinski definition) is 2. The van der Waals surface area contributed by atoms with Crippen molar-refractivity contribution in [3.05, 3.63) is 52.8 Å². The molecule has 1 amide bonds. The van der Waals surface area contributed by atoms with Gasteiger partial charge in [0.25, 0.3) is 0 Å². The first-order chi connectivity index (χ1) is 13.6. The molecule has 0 radical (unpaired) electrons. The zero-order valence-corrected chi connectivity index (χ0v) is 16.3. The molecule has 0 spiro atoms. The highest BCUT2D eigenvalue weighted by atomic mass is 19.3. The van der Waals surface area contributed by atoms with Gasteiger partial charge >= 0.3 is 11.8 Å². The van der Waals surface area contributed by atoms with E-state index in [4.69, 9.17) is 0 Å². The van der Waals surface area contributed by atoms with Crippen molar-refractivity contribution < 1.29 is 22.4 Å². The van der Waals surface area contributed by atoms with Gasteiger partial charge in [-0.1, -0.05) is 36.8 Å². The summed E-state index contributed by atoms with van der Waals surface area (Å²) in [5.41, 5.74) is -0.291. The van der Waals surface area contributed by atoms with E-state index in [1.807, 2.05) is 30.3 Å². The minimum absolute atomic E-state index is 0.0132. The third-order valence-electron chi connectivity index (χ3n) is 6.16. The number of benzene rings is 1. The molecule has 1 aromatic carbocycles. The maximum Gasteiger partial charge on any atom is 0.338 e. The molecular weight excluding hydrogens is 386 g/mol. The number of carbonyl (C=O) groups excluding carboxylic acids is 1. The average molecular weight is 409 g/mol. The van der Waals surface area contributed by atoms with Crippen LogP contribution in [-0.4, -0.2) is 27.5 Å². The number of halogens is 4. The molecule has 1 atom stereocenters. The predicted octanol–water partition coefficient (Wildman–Crippen LogP) is 4.28. The number of amides is 1. The normalized spacial score (nSPS) is 25.2. The summed E-state index contributed by atoms with van der Waals surface area (Å²) in [5.74, 6) is -9.38. The second-order valence-corrected chi connectivity index (χ2v) is 8.16. The van der Waals surface area contributed by atoms with Crippen molar-refractivity contribution in [2.45, 2.75) is 62.3 Å². The van der Waals surface area contributed by atoms with Crippen LogP contribution in [0.4, 0.5) is 17.6 Å². The highest BCUT2D eigenvalue weighted by Gasteiger charge is 2.82. The van der Waals surface area contributed by atoms with Crippen LogP contribution in [-0.2, 0) is 23.8 Å². The summed E-state index contributed by atoms with van der Waals surface area (Å²) < 4.78 is 58.8. The third-order valence-corrected chi connectivity index (χ3v) is 6.16. The van der Waals surface area contributed by atoms with E-state index in [1.165, 1.54) is 11.7 Å². The van der Waals surface area contributed by atoms with Crippen molar-refractivity contribution in [1.82, 2.24) is 15.1 Å². The van der Waals surface area contributed by atoms with E-state index >= 15 is 0 Å². The molecule has 1 heterocycles. The van der Waals surface area contributed by atoms with E-state index < -0.39 is 29.7 Å². The molecule has 29 heavy (non-hydrogen) atoms. The number of nitrogens with zero attached hydrogens (tertiary/aromatic N) is 2. The Hall–Kier alpha value is -2.38. The molecule has 2 aromatic rings. The zero-order chi connectivity index (χ0) is 21.0. The van der Waals surface area contributed by atoms with E-state index in [0.29, 0.717) is 17.7 Å². The van der Waals surface area contributed by atoms with E-state index in [2.05, 4.69) is 10.4 Å². The van der Waals surface area contributed by atoms with Gasteiger partial charge in [0.1, 0.15) is 0 Å². The second-order valence-electron chi connectivity index (χ2n) is 8.16. The first kappa shape index (κ1) is 19.9. The molecule has 4 rings (SSSR count). The summed E-state index contributed by atoms with van der Waals surface area (Å²) in [7, 11) is 1.49. The average Bonchev–Trinajstić information content (AvgIpc) is 2.88. The van der Waals surface area contributed by atoms with Gasteiger partial charge in [0.2, 0.25) is 5.91 Å². The predicted molar refractivity (Wildman–Crippen MR) is 99.1 cm³/mol. The van der Waals surface area contributed by atoms with Crippen LogP contribution in [0.3, 0.4) is 0 Å². The van der Waals surface area contributed by atoms with Crippen molar-refractivity contribution in [2.24, 2.45) is 7.05 Å². The fourth-order valence-corrected chi connectivity index (χ4v) is 4.62. The summed E-state index contributed by atoms with van der Waals surface area (Å²) in [6.07, 6.45) is 1.80. The number of alkyl halides is 4. The van der Waals surface area contributed by atoms with E-state index in [9.17, 15) is 22.4 Å². The Morgan fingerprint density at radius 3 is 2.34 bits per heavy atom. The number of hydrogen-bond donors (Lipinski definition) is 1. The minimum atomic E-state index is -4.40. The maximum atomic E-state index is 14.9. The van der Waals surface area contributed by atoms with Crippen LogP contribution in [0.2, 0.25) is 0 Å². The molecule has 0 saturated heterocycles. The Morgan fingerprint density at radius 1 is 1.21 bits per heavy atom. The minimum Gasteiger partial charge on any atom is -0.339 e. The van der Waals surface area contributed by atoms with E-state index in [0.717, 1.165) is 31.7 Å². The van der Waals surface area contributed by atoms with Crippen molar-refractivity contribution in [3.8, 4) is 0 Å². The lowest BCUT2D eigenvalue weighted by Crippen LogP contribution is -2.76. The fourth-order valence-electron chi connectivity index (χ4n) is 4.62. The topological polar surface area (TPSA) is 46.9 Å². The lowest BCUT2D eigenvalue weighted by Gasteiger charge is -2.54. The van der Waals surface area contributed by atoms with Gasteiger partial charge in [-0.3, -0.25) is 9.48 Å². The standard InChI is InChI=1S/C21H23F4N3O/c1-13(29)26-19(12-20(22,23)21(19,24)25)18-17(15-9-6-10-15)16(27-28(18)2)11-14-7-4-3-5-8-14/h3-5,7-8,15H,6,9-12H2,1-2H3,(H,26,29)/t19-/m0/s1. The number of nitrogens with one attached hydrogen (secondary N) is 1. The van der Waals surface area contributed by atoms with Gasteiger partial charge < -0.3 is 5.32 Å². The van der Waals surface area contributed by atoms with Gasteiger partial charge in [-0.15, -0.1) is 0 Å². The molecular formula is C21H23F4N3O. The highest BCUT2D eigenvalue weighted by molar-refractivity contribution is 5.75. The summed E-state index contributed by atoms with van der Waals surface area (Å²) in [5, 5.41) is 6.65. The molecule has 0 bridgehead atoms. The van der Waals surface area contributed by atoms with Gasteiger partial charge in [0, 0.05) is 26.0 Å². The molecule has 2 aliphatic rings. The van der Waals surface area contributed by atoms with Gasteiger partial charge in [-0.2, -0.15) is 22.7 Å². The van der Waals surface area contributed by atoms with Crippen LogP contribution < -0.4 is 5.32 Å². The molecule has 1 N–H and O–H groups in total. The molecule has 2 aliphatic carbocycles. The van der Waals surface area contributed by atoms with Crippen molar-refractivity contribution in [2.75, 3.05) is 0 Å². The van der Waals surface area contributed by atoms with Gasteiger partial charge in [0.15, 0.2) is 5.54 Å². The van der Waals surface area contributed by atoms with Crippen LogP contribution in [0.15, 0.2) is 30.3 Å². The van der Waals surface area contributed by atoms with Crippen LogP contribution in [0.1, 0.15) is 61.0 Å². The Kier molecular flexibility index (Phi) is 4.51. The quantitative estimate of drug-likeness (QED) is 0.750. The Bertz CT molecular complexity index is 937. The van der Waals surface area contributed by atoms with Crippen LogP contribution >= 0.6 is 0 Å². The van der Waals surface area contributed by atoms with Gasteiger partial charge in [0.05, 0.1) is 17.8 Å². The molecule has 0 aliphatic heterocycles. The lowest BCUT2D eigenvalue weighted by atomic mass is 9.63. The molecule has 2 saturated carbocycles. The molecule has 4 nitrogen and oxygen atoms in total. The Labute approximate surface area is 166 Å². The van der Waals surface area contributed by atoms with E-state index in [1.54, 1.807) is 0 Å². The molecule has 156 valence electrons. The van der Waals surface area contributed by atoms with Crippen LogP contribution in [0.5, 0.6) is 0 Å². The van der Waals surface area contributed by atoms with Gasteiger partial charge in [-0.25, -0.2) is 0 Å². The van der Waals surface area contributed by atoms with Crippen molar-refractivity contribution in [1.29, 1.82) is 0 Å². The fraction of sp³-hybridized carbons (Fsp3) is 0.524. The number of rotatable bonds is 5. The second kappa shape index (κ2) is 6.57. The lowest BCUT2D eigenvalue weighted by molar-refractivity contribution is -0.335. The monoisotopic (exact) mass is 409 g/mol. The number of aromatic nitrogens is 2. The van der Waals surface area contributed by atoms with Crippen LogP contribution in [0.25, 0.3) is 0 Å². The van der Waals surface area contributed by atoms with Crippen molar-refractivity contribution in [3.63, 3.8) is 0 Å². The highest BCUT2D eigenvalue weighted by Crippen LogP contribution is 2.64. The molecule has 1 aromatic heterocycles. The smallest absolute Gasteiger partial charge is 0.338 e. The van der Waals surface area contributed by atoms with Crippen LogP contribution in [0, 0.1) is 0 Å². The number of carbonyl (C=O) groups is 1. The number of aryl methyl sites for hydroxylation is 1. The van der Waals surface area contributed by atoms with Gasteiger partial charge in [-0.05, 0) is 24.3 Å². The first-order valence-electron chi connectivity index (χ1n) is 9.73.